The molecule has 0 saturated heterocycles. The molecule has 0 N–H and O–H groups in total. The largest absolute Gasteiger partial charge is 0.273 e. The van der Waals surface area contributed by atoms with Crippen LogP contribution in [0.25, 0.3) is 0 Å². The predicted molar refractivity (Wildman–Crippen MR) is 97.9 cm³/mol. The van der Waals surface area contributed by atoms with Crippen LogP contribution in [0.4, 0.5) is 4.39 Å². The summed E-state index contributed by atoms with van der Waals surface area (Å²) in [4.78, 5) is 12.4. The van der Waals surface area contributed by atoms with Crippen molar-refractivity contribution in [1.82, 2.24) is 5.01 Å². The molecule has 0 bridgehead atoms. The van der Waals surface area contributed by atoms with E-state index in [9.17, 15) is 9.18 Å². The lowest BCUT2D eigenvalue weighted by atomic mass is 9.77. The van der Waals surface area contributed by atoms with Crippen molar-refractivity contribution in [2.45, 2.75) is 45.6 Å². The summed E-state index contributed by atoms with van der Waals surface area (Å²) in [5.74, 6) is -0.476. The number of rotatable bonds is 3. The molecule has 4 heteroatoms. The second-order valence-electron chi connectivity index (χ2n) is 6.78. The molecule has 0 aromatic heterocycles. The Hall–Kier alpha value is -2.49. The number of nitrogens with zero attached hydrogens (tertiary/aromatic N) is 2. The summed E-state index contributed by atoms with van der Waals surface area (Å²) < 4.78 is 14.1. The lowest BCUT2D eigenvalue weighted by Gasteiger charge is -2.42. The molecule has 0 spiro atoms. The SMILES string of the molecule is CC(=O)N(/N=C(\C)c1ccccc1F)C1(C)CCCc2ccccc21. The van der Waals surface area contributed by atoms with Gasteiger partial charge < -0.3 is 0 Å². The first-order valence-electron chi connectivity index (χ1n) is 8.63. The van der Waals surface area contributed by atoms with Crippen LogP contribution in [-0.2, 0) is 16.8 Å². The molecule has 0 fully saturated rings. The van der Waals surface area contributed by atoms with E-state index >= 15 is 0 Å². The van der Waals surface area contributed by atoms with Gasteiger partial charge in [0.25, 0.3) is 0 Å². The Morgan fingerprint density at radius 1 is 1.12 bits per heavy atom. The summed E-state index contributed by atoms with van der Waals surface area (Å²) in [6.45, 7) is 5.30. The molecule has 2 aromatic carbocycles. The van der Waals surface area contributed by atoms with E-state index in [0.717, 1.165) is 24.8 Å². The van der Waals surface area contributed by atoms with E-state index in [-0.39, 0.29) is 11.7 Å². The molecule has 1 unspecified atom stereocenters. The average molecular weight is 338 g/mol. The zero-order chi connectivity index (χ0) is 18.0. The van der Waals surface area contributed by atoms with Gasteiger partial charge in [-0.3, -0.25) is 4.79 Å². The van der Waals surface area contributed by atoms with Gasteiger partial charge in [-0.25, -0.2) is 9.40 Å². The fourth-order valence-electron chi connectivity index (χ4n) is 3.73. The Morgan fingerprint density at radius 2 is 1.80 bits per heavy atom. The highest BCUT2D eigenvalue weighted by Gasteiger charge is 2.39. The molecule has 0 radical (unpaired) electrons. The third-order valence-electron chi connectivity index (χ3n) is 4.99. The first-order chi connectivity index (χ1) is 11.9. The molecular weight excluding hydrogens is 315 g/mol. The molecule has 25 heavy (non-hydrogen) atoms. The fraction of sp³-hybridized carbons (Fsp3) is 0.333. The van der Waals surface area contributed by atoms with Crippen LogP contribution in [0.5, 0.6) is 0 Å². The number of fused-ring (bicyclic) bond motifs is 1. The first-order valence-corrected chi connectivity index (χ1v) is 8.63. The Kier molecular flexibility index (Phi) is 4.71. The van der Waals surface area contributed by atoms with E-state index in [2.05, 4.69) is 17.2 Å². The Morgan fingerprint density at radius 3 is 2.52 bits per heavy atom. The predicted octanol–water partition coefficient (Wildman–Crippen LogP) is 4.65. The third-order valence-corrected chi connectivity index (χ3v) is 4.99. The molecular formula is C21H23FN2O. The van der Waals surface area contributed by atoms with Crippen molar-refractivity contribution >= 4 is 11.6 Å². The molecule has 1 atom stereocenters. The number of carbonyl (C=O) groups is 1. The number of amides is 1. The maximum Gasteiger partial charge on any atom is 0.240 e. The second-order valence-corrected chi connectivity index (χ2v) is 6.78. The molecule has 130 valence electrons. The molecule has 1 aliphatic rings. The van der Waals surface area contributed by atoms with E-state index in [1.54, 1.807) is 25.1 Å². The molecule has 1 amide bonds. The lowest BCUT2D eigenvalue weighted by molar-refractivity contribution is -0.135. The highest BCUT2D eigenvalue weighted by Crippen LogP contribution is 2.40. The van der Waals surface area contributed by atoms with Crippen LogP contribution in [-0.4, -0.2) is 16.6 Å². The summed E-state index contributed by atoms with van der Waals surface area (Å²) in [6.07, 6.45) is 2.83. The molecule has 2 aromatic rings. The smallest absolute Gasteiger partial charge is 0.240 e. The minimum Gasteiger partial charge on any atom is -0.273 e. The summed E-state index contributed by atoms with van der Waals surface area (Å²) in [6, 6.07) is 14.7. The molecule has 0 heterocycles. The van der Waals surface area contributed by atoms with Gasteiger partial charge in [0.05, 0.1) is 11.3 Å². The molecule has 3 rings (SSSR count). The highest BCUT2D eigenvalue weighted by molar-refractivity contribution is 5.99. The van der Waals surface area contributed by atoms with E-state index in [0.29, 0.717) is 11.3 Å². The van der Waals surface area contributed by atoms with Gasteiger partial charge in [0.1, 0.15) is 5.82 Å². The maximum absolute atomic E-state index is 14.1. The van der Waals surface area contributed by atoms with Gasteiger partial charge in [0.15, 0.2) is 0 Å². The van der Waals surface area contributed by atoms with Gasteiger partial charge in [-0.15, -0.1) is 0 Å². The maximum atomic E-state index is 14.1. The number of aryl methyl sites for hydroxylation is 1. The number of hydrogen-bond donors (Lipinski definition) is 0. The summed E-state index contributed by atoms with van der Waals surface area (Å²) in [5.41, 5.74) is 2.77. The zero-order valence-corrected chi connectivity index (χ0v) is 14.9. The molecule has 0 saturated carbocycles. The van der Waals surface area contributed by atoms with Crippen molar-refractivity contribution in [3.8, 4) is 0 Å². The molecule has 3 nitrogen and oxygen atoms in total. The van der Waals surface area contributed by atoms with Gasteiger partial charge in [-0.05, 0) is 50.3 Å². The number of hydrogen-bond acceptors (Lipinski definition) is 2. The van der Waals surface area contributed by atoms with E-state index < -0.39 is 5.54 Å². The van der Waals surface area contributed by atoms with Gasteiger partial charge in [-0.2, -0.15) is 5.10 Å². The van der Waals surface area contributed by atoms with E-state index in [4.69, 9.17) is 0 Å². The topological polar surface area (TPSA) is 32.7 Å². The molecule has 0 aliphatic heterocycles. The van der Waals surface area contributed by atoms with Crippen LogP contribution in [0.15, 0.2) is 53.6 Å². The highest BCUT2D eigenvalue weighted by atomic mass is 19.1. The summed E-state index contributed by atoms with van der Waals surface area (Å²) in [7, 11) is 0. The summed E-state index contributed by atoms with van der Waals surface area (Å²) >= 11 is 0. The Labute approximate surface area is 148 Å². The van der Waals surface area contributed by atoms with Crippen LogP contribution >= 0.6 is 0 Å². The Balaban J connectivity index is 2.07. The second kappa shape index (κ2) is 6.79. The summed E-state index contributed by atoms with van der Waals surface area (Å²) in [5, 5.41) is 6.10. The number of carbonyl (C=O) groups excluding carboxylic acids is 1. The third kappa shape index (κ3) is 3.21. The minimum atomic E-state index is -0.521. The van der Waals surface area contributed by atoms with Crippen molar-refractivity contribution in [2.75, 3.05) is 0 Å². The zero-order valence-electron chi connectivity index (χ0n) is 14.9. The number of benzene rings is 2. The van der Waals surface area contributed by atoms with Gasteiger partial charge in [-0.1, -0.05) is 42.5 Å². The van der Waals surface area contributed by atoms with Crippen molar-refractivity contribution < 1.29 is 9.18 Å². The number of halogens is 1. The van der Waals surface area contributed by atoms with Crippen LogP contribution < -0.4 is 0 Å². The number of hydrazone groups is 1. The standard InChI is InChI=1S/C21H23FN2O/c1-15(18-11-5-7-13-20(18)22)23-24(16(2)25)21(3)14-8-10-17-9-4-6-12-19(17)21/h4-7,9,11-13H,8,10,14H2,1-3H3/b23-15+. The van der Waals surface area contributed by atoms with E-state index in [1.807, 2.05) is 19.1 Å². The first kappa shape index (κ1) is 17.3. The fourth-order valence-corrected chi connectivity index (χ4v) is 3.73. The quantitative estimate of drug-likeness (QED) is 0.592. The van der Waals surface area contributed by atoms with Crippen LogP contribution in [0, 0.1) is 5.82 Å². The van der Waals surface area contributed by atoms with Crippen molar-refractivity contribution in [2.24, 2.45) is 5.10 Å². The van der Waals surface area contributed by atoms with Crippen molar-refractivity contribution in [3.63, 3.8) is 0 Å². The van der Waals surface area contributed by atoms with Crippen molar-refractivity contribution in [3.05, 3.63) is 71.0 Å². The van der Waals surface area contributed by atoms with E-state index in [1.165, 1.54) is 23.6 Å². The molecule has 1 aliphatic carbocycles. The van der Waals surface area contributed by atoms with Gasteiger partial charge >= 0.3 is 0 Å². The van der Waals surface area contributed by atoms with Gasteiger partial charge in [0.2, 0.25) is 5.91 Å². The van der Waals surface area contributed by atoms with Crippen LogP contribution in [0.1, 0.15) is 50.3 Å². The normalized spacial score (nSPS) is 20.1. The van der Waals surface area contributed by atoms with Crippen molar-refractivity contribution in [1.29, 1.82) is 0 Å². The minimum absolute atomic E-state index is 0.144. The lowest BCUT2D eigenvalue weighted by Crippen LogP contribution is -2.46. The van der Waals surface area contributed by atoms with Crippen LogP contribution in [0.3, 0.4) is 0 Å². The van der Waals surface area contributed by atoms with Crippen LogP contribution in [0.2, 0.25) is 0 Å². The Bertz CT molecular complexity index is 830. The van der Waals surface area contributed by atoms with Gasteiger partial charge in [0, 0.05) is 12.5 Å². The average Bonchev–Trinajstić information content (AvgIpc) is 2.60. The monoisotopic (exact) mass is 338 g/mol.